The van der Waals surface area contributed by atoms with Crippen LogP contribution in [0.1, 0.15) is 45.3 Å². The van der Waals surface area contributed by atoms with Crippen LogP contribution in [0.15, 0.2) is 35.4 Å². The van der Waals surface area contributed by atoms with E-state index in [2.05, 4.69) is 26.3 Å². The highest BCUT2D eigenvalue weighted by Gasteiger charge is 2.35. The maximum absolute atomic E-state index is 13.3. The zero-order chi connectivity index (χ0) is 22.4. The molecule has 168 valence electrons. The fourth-order valence-corrected chi connectivity index (χ4v) is 5.23. The van der Waals surface area contributed by atoms with E-state index in [1.165, 1.54) is 0 Å². The van der Waals surface area contributed by atoms with E-state index in [1.807, 2.05) is 30.8 Å². The highest BCUT2D eigenvalue weighted by Crippen LogP contribution is 2.35. The first-order valence-electron chi connectivity index (χ1n) is 11.1. The van der Waals surface area contributed by atoms with E-state index in [1.54, 1.807) is 28.9 Å². The number of nitrogens with one attached hydrogen (secondary N) is 1. The van der Waals surface area contributed by atoms with Crippen LogP contribution < -0.4 is 5.56 Å². The van der Waals surface area contributed by atoms with Crippen LogP contribution in [0.3, 0.4) is 0 Å². The number of fused-ring (bicyclic) bond motifs is 4. The Kier molecular flexibility index (Phi) is 5.21. The number of carbonyl (C=O) groups is 1. The fraction of sp³-hybridized carbons (Fsp3) is 0.478. The molecule has 5 rings (SSSR count). The molecule has 2 atom stereocenters. The molecule has 0 radical (unpaired) electrons. The molecule has 9 nitrogen and oxygen atoms in total. The largest absolute Gasteiger partial charge is 0.337 e. The molecule has 0 spiro atoms. The second-order valence-corrected chi connectivity index (χ2v) is 9.31. The molecule has 9 heteroatoms. The summed E-state index contributed by atoms with van der Waals surface area (Å²) in [5, 5.41) is 11.5. The van der Waals surface area contributed by atoms with Gasteiger partial charge in [0, 0.05) is 75.9 Å². The van der Waals surface area contributed by atoms with E-state index in [0.717, 1.165) is 48.7 Å². The van der Waals surface area contributed by atoms with Crippen molar-refractivity contribution in [1.29, 1.82) is 0 Å². The van der Waals surface area contributed by atoms with E-state index in [-0.39, 0.29) is 17.0 Å². The van der Waals surface area contributed by atoms with Crippen molar-refractivity contribution in [2.45, 2.75) is 38.9 Å². The molecule has 0 aromatic carbocycles. The van der Waals surface area contributed by atoms with Crippen molar-refractivity contribution in [3.05, 3.63) is 69.2 Å². The van der Waals surface area contributed by atoms with Gasteiger partial charge in [0.05, 0.1) is 11.9 Å². The van der Waals surface area contributed by atoms with Gasteiger partial charge >= 0.3 is 0 Å². The van der Waals surface area contributed by atoms with Gasteiger partial charge < -0.3 is 9.47 Å². The van der Waals surface area contributed by atoms with Gasteiger partial charge in [-0.15, -0.1) is 0 Å². The number of rotatable bonds is 5. The van der Waals surface area contributed by atoms with Crippen LogP contribution in [-0.2, 0) is 26.7 Å². The smallest absolute Gasteiger partial charge is 0.263 e. The number of amides is 1. The molecule has 0 unspecified atom stereocenters. The van der Waals surface area contributed by atoms with Gasteiger partial charge in [0.2, 0.25) is 0 Å². The van der Waals surface area contributed by atoms with Gasteiger partial charge in [-0.2, -0.15) is 10.2 Å². The number of aromatic amines is 1. The van der Waals surface area contributed by atoms with Crippen molar-refractivity contribution in [3.8, 4) is 0 Å². The number of piperidine rings is 1. The first kappa shape index (κ1) is 20.7. The Morgan fingerprint density at radius 2 is 2.12 bits per heavy atom. The monoisotopic (exact) mass is 435 g/mol. The van der Waals surface area contributed by atoms with Crippen molar-refractivity contribution in [3.63, 3.8) is 0 Å². The van der Waals surface area contributed by atoms with Crippen LogP contribution >= 0.6 is 0 Å². The summed E-state index contributed by atoms with van der Waals surface area (Å²) < 4.78 is 3.55. The number of aromatic nitrogens is 5. The summed E-state index contributed by atoms with van der Waals surface area (Å²) in [5.41, 5.74) is 4.17. The third kappa shape index (κ3) is 3.88. The van der Waals surface area contributed by atoms with E-state index < -0.39 is 0 Å². The lowest BCUT2D eigenvalue weighted by atomic mass is 9.83. The summed E-state index contributed by atoms with van der Waals surface area (Å²) in [5.74, 6) is 0.449. The van der Waals surface area contributed by atoms with Crippen LogP contribution in [-0.4, -0.2) is 60.4 Å². The zero-order valence-electron chi connectivity index (χ0n) is 18.8. The number of likely N-dealkylation sites (tertiary alicyclic amines) is 1. The van der Waals surface area contributed by atoms with Crippen LogP contribution in [0.2, 0.25) is 0 Å². The lowest BCUT2D eigenvalue weighted by Crippen LogP contribution is -2.47. The van der Waals surface area contributed by atoms with Gasteiger partial charge in [-0.3, -0.25) is 24.3 Å². The summed E-state index contributed by atoms with van der Waals surface area (Å²) in [6.07, 6.45) is 4.70. The SMILES string of the molecule is Cc1cc(CN2C[C@@H]3C[C@H](C2)c2ccc(C(=O)N(C)Cc4cnn(C)c4)c(=O)n2C3)n[nH]1. The quantitative estimate of drug-likeness (QED) is 0.656. The molecule has 1 saturated heterocycles. The Morgan fingerprint density at radius 1 is 1.28 bits per heavy atom. The average molecular weight is 436 g/mol. The molecule has 0 saturated carbocycles. The Hall–Kier alpha value is -3.20. The Morgan fingerprint density at radius 3 is 2.84 bits per heavy atom. The molecule has 0 aliphatic carbocycles. The van der Waals surface area contributed by atoms with Crippen LogP contribution in [0.25, 0.3) is 0 Å². The third-order valence-corrected chi connectivity index (χ3v) is 6.58. The molecule has 2 aliphatic heterocycles. The van der Waals surface area contributed by atoms with Crippen molar-refractivity contribution in [2.75, 3.05) is 20.1 Å². The van der Waals surface area contributed by atoms with Crippen molar-refractivity contribution in [1.82, 2.24) is 34.3 Å². The van der Waals surface area contributed by atoms with Crippen molar-refractivity contribution >= 4 is 5.91 Å². The highest BCUT2D eigenvalue weighted by atomic mass is 16.2. The first-order chi connectivity index (χ1) is 15.4. The number of hydrogen-bond donors (Lipinski definition) is 1. The van der Waals surface area contributed by atoms with E-state index >= 15 is 0 Å². The fourth-order valence-electron chi connectivity index (χ4n) is 5.23. The van der Waals surface area contributed by atoms with E-state index in [4.69, 9.17) is 0 Å². The Bertz CT molecular complexity index is 1210. The number of carbonyl (C=O) groups excluding carboxylic acids is 1. The maximum Gasteiger partial charge on any atom is 0.263 e. The Balaban J connectivity index is 1.34. The van der Waals surface area contributed by atoms with Gasteiger partial charge in [-0.25, -0.2) is 0 Å². The Labute approximate surface area is 186 Å². The summed E-state index contributed by atoms with van der Waals surface area (Å²) in [4.78, 5) is 30.3. The average Bonchev–Trinajstić information content (AvgIpc) is 3.35. The minimum atomic E-state index is -0.250. The first-order valence-corrected chi connectivity index (χ1v) is 11.1. The van der Waals surface area contributed by atoms with Gasteiger partial charge in [0.1, 0.15) is 5.56 Å². The molecule has 2 aliphatic rings. The zero-order valence-corrected chi connectivity index (χ0v) is 18.8. The van der Waals surface area contributed by atoms with E-state index in [9.17, 15) is 9.59 Å². The molecule has 1 amide bonds. The molecule has 3 aromatic rings. The van der Waals surface area contributed by atoms with Gasteiger partial charge in [-0.1, -0.05) is 0 Å². The molecule has 1 fully saturated rings. The molecular formula is C23H29N7O2. The molecule has 5 heterocycles. The third-order valence-electron chi connectivity index (χ3n) is 6.58. The topological polar surface area (TPSA) is 92.1 Å². The highest BCUT2D eigenvalue weighted by molar-refractivity contribution is 5.93. The van der Waals surface area contributed by atoms with Crippen LogP contribution in [0.4, 0.5) is 0 Å². The minimum absolute atomic E-state index is 0.170. The summed E-state index contributed by atoms with van der Waals surface area (Å²) in [6, 6.07) is 5.78. The maximum atomic E-state index is 13.3. The summed E-state index contributed by atoms with van der Waals surface area (Å²) >= 11 is 0. The molecular weight excluding hydrogens is 406 g/mol. The van der Waals surface area contributed by atoms with Gasteiger partial charge in [0.15, 0.2) is 0 Å². The second-order valence-electron chi connectivity index (χ2n) is 9.31. The predicted molar refractivity (Wildman–Crippen MR) is 119 cm³/mol. The van der Waals surface area contributed by atoms with Crippen molar-refractivity contribution in [2.24, 2.45) is 13.0 Å². The number of pyridine rings is 1. The van der Waals surface area contributed by atoms with Gasteiger partial charge in [-0.05, 0) is 37.5 Å². The normalized spacial score (nSPS) is 20.2. The van der Waals surface area contributed by atoms with Crippen LogP contribution in [0.5, 0.6) is 0 Å². The minimum Gasteiger partial charge on any atom is -0.337 e. The van der Waals surface area contributed by atoms with E-state index in [0.29, 0.717) is 24.9 Å². The van der Waals surface area contributed by atoms with Crippen molar-refractivity contribution < 1.29 is 4.79 Å². The molecule has 1 N–H and O–H groups in total. The van der Waals surface area contributed by atoms with Gasteiger partial charge in [0.25, 0.3) is 11.5 Å². The molecule has 3 aromatic heterocycles. The molecule has 2 bridgehead atoms. The lowest BCUT2D eigenvalue weighted by molar-refractivity contribution is 0.0779. The molecule has 32 heavy (non-hydrogen) atoms. The number of H-pyrrole nitrogens is 1. The number of nitrogens with zero attached hydrogens (tertiary/aromatic N) is 6. The number of aryl methyl sites for hydroxylation is 2. The standard InChI is InChI=1S/C23H29N7O2/c1-15-6-19(26-25-15)14-29-11-16-7-18(13-29)21-5-4-20(23(32)30(21)12-16)22(31)27(2)9-17-8-24-28(3)10-17/h4-6,8,10,16,18H,7,9,11-14H2,1-3H3,(H,25,26)/t16-,18+/m0/s1. The summed E-state index contributed by atoms with van der Waals surface area (Å²) in [7, 11) is 3.57. The van der Waals surface area contributed by atoms with Crippen LogP contribution in [0, 0.1) is 12.8 Å². The predicted octanol–water partition coefficient (Wildman–Crippen LogP) is 1.50. The lowest BCUT2D eigenvalue weighted by Gasteiger charge is -2.42. The number of hydrogen-bond acceptors (Lipinski definition) is 5. The summed E-state index contributed by atoms with van der Waals surface area (Å²) in [6.45, 7) is 5.74. The second kappa shape index (κ2) is 8.05.